The number of benzene rings is 2. The van der Waals surface area contributed by atoms with Gasteiger partial charge in [-0.15, -0.1) is 6.58 Å². The van der Waals surface area contributed by atoms with Crippen molar-refractivity contribution >= 4 is 10.8 Å². The minimum Gasteiger partial charge on any atom is -0.103 e. The summed E-state index contributed by atoms with van der Waals surface area (Å²) < 4.78 is 0. The Bertz CT molecular complexity index is 755. The second-order valence-electron chi connectivity index (χ2n) is 9.21. The minimum atomic E-state index is 0.783. The summed E-state index contributed by atoms with van der Waals surface area (Å²) in [5.74, 6) is 3.57. The van der Waals surface area contributed by atoms with Crippen molar-refractivity contribution in [2.75, 3.05) is 0 Å². The molecule has 0 amide bonds. The SMILES string of the molecule is C=CC1CCC(C2CCC(c3ccc4cc(CCC)ccc4c3)CC2)CC1. The molecule has 0 unspecified atom stereocenters. The molecule has 0 radical (unpaired) electrons. The van der Waals surface area contributed by atoms with Gasteiger partial charge in [-0.3, -0.25) is 0 Å². The van der Waals surface area contributed by atoms with Crippen LogP contribution >= 0.6 is 0 Å². The third-order valence-corrected chi connectivity index (χ3v) is 7.53. The Hall–Kier alpha value is -1.56. The lowest BCUT2D eigenvalue weighted by molar-refractivity contribution is 0.171. The highest BCUT2D eigenvalue weighted by Gasteiger charge is 2.30. The first-order valence-electron chi connectivity index (χ1n) is 11.4. The van der Waals surface area contributed by atoms with E-state index >= 15 is 0 Å². The maximum atomic E-state index is 4.00. The van der Waals surface area contributed by atoms with E-state index in [4.69, 9.17) is 0 Å². The maximum absolute atomic E-state index is 4.00. The highest BCUT2D eigenvalue weighted by Crippen LogP contribution is 2.44. The molecule has 0 spiro atoms. The van der Waals surface area contributed by atoms with Crippen LogP contribution in [-0.4, -0.2) is 0 Å². The summed E-state index contributed by atoms with van der Waals surface area (Å²) in [4.78, 5) is 0. The predicted molar refractivity (Wildman–Crippen MR) is 118 cm³/mol. The van der Waals surface area contributed by atoms with Crippen LogP contribution in [0.2, 0.25) is 0 Å². The molecule has 0 bridgehead atoms. The molecule has 0 nitrogen and oxygen atoms in total. The Kier molecular flexibility index (Phi) is 6.01. The van der Waals surface area contributed by atoms with E-state index in [0.29, 0.717) is 0 Å². The molecule has 0 aliphatic heterocycles. The summed E-state index contributed by atoms with van der Waals surface area (Å²) in [7, 11) is 0. The monoisotopic (exact) mass is 360 g/mol. The van der Waals surface area contributed by atoms with Crippen molar-refractivity contribution in [3.63, 3.8) is 0 Å². The average Bonchev–Trinajstić information content (AvgIpc) is 2.74. The summed E-state index contributed by atoms with van der Waals surface area (Å²) in [5.41, 5.74) is 3.06. The molecule has 2 aromatic carbocycles. The van der Waals surface area contributed by atoms with Crippen LogP contribution in [0, 0.1) is 17.8 Å². The van der Waals surface area contributed by atoms with Crippen molar-refractivity contribution in [3.05, 3.63) is 60.2 Å². The average molecular weight is 361 g/mol. The fourth-order valence-corrected chi connectivity index (χ4v) is 5.79. The first-order valence-corrected chi connectivity index (χ1v) is 11.4. The summed E-state index contributed by atoms with van der Waals surface area (Å²) >= 11 is 0. The Morgan fingerprint density at radius 3 is 2.11 bits per heavy atom. The summed E-state index contributed by atoms with van der Waals surface area (Å²) in [6, 6.07) is 14.3. The fraction of sp³-hybridized carbons (Fsp3) is 0.556. The van der Waals surface area contributed by atoms with E-state index < -0.39 is 0 Å². The van der Waals surface area contributed by atoms with Crippen molar-refractivity contribution in [1.82, 2.24) is 0 Å². The minimum absolute atomic E-state index is 0.783. The van der Waals surface area contributed by atoms with Crippen LogP contribution in [0.1, 0.15) is 81.8 Å². The molecule has 2 aromatic rings. The zero-order valence-electron chi connectivity index (χ0n) is 17.1. The van der Waals surface area contributed by atoms with Gasteiger partial charge >= 0.3 is 0 Å². The van der Waals surface area contributed by atoms with Crippen LogP contribution < -0.4 is 0 Å². The summed E-state index contributed by atoms with van der Waals surface area (Å²) in [5, 5.41) is 2.84. The van der Waals surface area contributed by atoms with E-state index in [-0.39, 0.29) is 0 Å². The van der Waals surface area contributed by atoms with Crippen LogP contribution in [-0.2, 0) is 6.42 Å². The second kappa shape index (κ2) is 8.63. The summed E-state index contributed by atoms with van der Waals surface area (Å²) in [6.45, 7) is 6.26. The number of rotatable bonds is 5. The topological polar surface area (TPSA) is 0 Å². The molecule has 0 heteroatoms. The number of hydrogen-bond acceptors (Lipinski definition) is 0. The van der Waals surface area contributed by atoms with Gasteiger partial charge in [-0.05, 0) is 103 Å². The first-order chi connectivity index (χ1) is 13.3. The molecule has 2 aliphatic carbocycles. The van der Waals surface area contributed by atoms with Crippen molar-refractivity contribution in [1.29, 1.82) is 0 Å². The fourth-order valence-electron chi connectivity index (χ4n) is 5.79. The van der Waals surface area contributed by atoms with Crippen LogP contribution in [0.25, 0.3) is 10.8 Å². The Balaban J connectivity index is 1.37. The highest BCUT2D eigenvalue weighted by molar-refractivity contribution is 5.84. The van der Waals surface area contributed by atoms with E-state index in [2.05, 4.69) is 56.0 Å². The van der Waals surface area contributed by atoms with Gasteiger partial charge in [-0.1, -0.05) is 55.8 Å². The van der Waals surface area contributed by atoms with Gasteiger partial charge in [-0.25, -0.2) is 0 Å². The molecule has 27 heavy (non-hydrogen) atoms. The largest absolute Gasteiger partial charge is 0.103 e. The van der Waals surface area contributed by atoms with Gasteiger partial charge in [0.25, 0.3) is 0 Å². The van der Waals surface area contributed by atoms with Gasteiger partial charge in [0.1, 0.15) is 0 Å². The molecule has 2 fully saturated rings. The number of fused-ring (bicyclic) bond motifs is 1. The molecule has 4 rings (SSSR count). The quantitative estimate of drug-likeness (QED) is 0.473. The molecule has 0 saturated heterocycles. The predicted octanol–water partition coefficient (Wildman–Crippen LogP) is 8.06. The van der Waals surface area contributed by atoms with Gasteiger partial charge in [0.15, 0.2) is 0 Å². The van der Waals surface area contributed by atoms with Gasteiger partial charge in [0.2, 0.25) is 0 Å². The lowest BCUT2D eigenvalue weighted by Gasteiger charge is -2.37. The van der Waals surface area contributed by atoms with Gasteiger partial charge < -0.3 is 0 Å². The van der Waals surface area contributed by atoms with Crippen molar-refractivity contribution in [2.24, 2.45) is 17.8 Å². The zero-order chi connectivity index (χ0) is 18.6. The molecule has 0 heterocycles. The van der Waals surface area contributed by atoms with Gasteiger partial charge in [-0.2, -0.15) is 0 Å². The molecule has 144 valence electrons. The Morgan fingerprint density at radius 2 is 1.44 bits per heavy atom. The number of aryl methyl sites for hydroxylation is 1. The molecule has 0 N–H and O–H groups in total. The van der Waals surface area contributed by atoms with Crippen molar-refractivity contribution in [3.8, 4) is 0 Å². The van der Waals surface area contributed by atoms with Crippen LogP contribution in [0.4, 0.5) is 0 Å². The Labute approximate surface area is 166 Å². The molecule has 0 atom stereocenters. The molecular weight excluding hydrogens is 324 g/mol. The van der Waals surface area contributed by atoms with E-state index in [0.717, 1.165) is 23.7 Å². The third kappa shape index (κ3) is 4.31. The molecule has 2 saturated carbocycles. The van der Waals surface area contributed by atoms with E-state index in [1.165, 1.54) is 80.5 Å². The Morgan fingerprint density at radius 1 is 0.815 bits per heavy atom. The van der Waals surface area contributed by atoms with Gasteiger partial charge in [0, 0.05) is 0 Å². The second-order valence-corrected chi connectivity index (χ2v) is 9.21. The van der Waals surface area contributed by atoms with Crippen LogP contribution in [0.5, 0.6) is 0 Å². The third-order valence-electron chi connectivity index (χ3n) is 7.53. The van der Waals surface area contributed by atoms with E-state index in [9.17, 15) is 0 Å². The lowest BCUT2D eigenvalue weighted by atomic mass is 9.68. The number of hydrogen-bond donors (Lipinski definition) is 0. The van der Waals surface area contributed by atoms with Crippen molar-refractivity contribution in [2.45, 2.75) is 77.0 Å². The smallest absolute Gasteiger partial charge is 0.0162 e. The number of allylic oxidation sites excluding steroid dienone is 1. The molecular formula is C27H36. The highest BCUT2D eigenvalue weighted by atomic mass is 14.4. The lowest BCUT2D eigenvalue weighted by Crippen LogP contribution is -2.25. The standard InChI is InChI=1S/C27H36/c1-3-5-21-8-11-27-19-26(17-16-25(27)18-21)24-14-12-23(13-15-24)22-9-6-20(4-2)7-10-22/h4,8,11,16-20,22-24H,2-3,5-7,9-10,12-15H2,1H3. The van der Waals surface area contributed by atoms with E-state index in [1.807, 2.05) is 0 Å². The van der Waals surface area contributed by atoms with E-state index in [1.54, 1.807) is 5.56 Å². The first kappa shape index (κ1) is 18.8. The molecule has 2 aliphatic rings. The molecule has 0 aromatic heterocycles. The maximum Gasteiger partial charge on any atom is -0.0162 e. The van der Waals surface area contributed by atoms with Gasteiger partial charge in [0.05, 0.1) is 0 Å². The van der Waals surface area contributed by atoms with Crippen LogP contribution in [0.3, 0.4) is 0 Å². The zero-order valence-corrected chi connectivity index (χ0v) is 17.1. The van der Waals surface area contributed by atoms with Crippen LogP contribution in [0.15, 0.2) is 49.1 Å². The normalized spacial score (nSPS) is 28.9. The summed E-state index contributed by atoms with van der Waals surface area (Å²) in [6.07, 6.45) is 16.0. The van der Waals surface area contributed by atoms with Crippen molar-refractivity contribution < 1.29 is 0 Å².